The first-order valence-electron chi connectivity index (χ1n) is 6.77. The highest BCUT2D eigenvalue weighted by atomic mass is 35.5. The van der Waals surface area contributed by atoms with E-state index in [0.717, 1.165) is 11.1 Å². The molecule has 0 saturated heterocycles. The number of allylic oxidation sites excluding steroid dienone is 1. The largest absolute Gasteiger partial charge is 0.493 e. The number of hydrogen-bond acceptors (Lipinski definition) is 4. The van der Waals surface area contributed by atoms with E-state index in [9.17, 15) is 10.1 Å². The van der Waals surface area contributed by atoms with Gasteiger partial charge in [0.25, 0.3) is 0 Å². The SMILES string of the molecule is COc1cc(C=C(C#N)c2ccc(Cl)cc2)ccc1OC(C)=O. The molecule has 0 aliphatic rings. The molecule has 2 aromatic rings. The highest BCUT2D eigenvalue weighted by molar-refractivity contribution is 6.30. The maximum absolute atomic E-state index is 11.1. The number of hydrogen-bond donors (Lipinski definition) is 0. The number of benzene rings is 2. The first-order valence-corrected chi connectivity index (χ1v) is 7.15. The van der Waals surface area contributed by atoms with E-state index < -0.39 is 5.97 Å². The van der Waals surface area contributed by atoms with Gasteiger partial charge in [0, 0.05) is 11.9 Å². The molecule has 2 aromatic carbocycles. The summed E-state index contributed by atoms with van der Waals surface area (Å²) < 4.78 is 10.3. The van der Waals surface area contributed by atoms with Crippen LogP contribution >= 0.6 is 11.6 Å². The molecule has 0 heterocycles. The molecular weight excluding hydrogens is 314 g/mol. The topological polar surface area (TPSA) is 59.3 Å². The van der Waals surface area contributed by atoms with Crippen molar-refractivity contribution in [1.82, 2.24) is 0 Å². The third-order valence-corrected chi connectivity index (χ3v) is 3.28. The molecule has 0 aliphatic carbocycles. The Morgan fingerprint density at radius 2 is 1.87 bits per heavy atom. The maximum Gasteiger partial charge on any atom is 0.308 e. The van der Waals surface area contributed by atoms with E-state index in [1.54, 1.807) is 48.5 Å². The highest BCUT2D eigenvalue weighted by Gasteiger charge is 2.08. The van der Waals surface area contributed by atoms with Crippen LogP contribution in [-0.4, -0.2) is 13.1 Å². The first-order chi connectivity index (χ1) is 11.0. The van der Waals surface area contributed by atoms with Gasteiger partial charge in [0.05, 0.1) is 18.8 Å². The van der Waals surface area contributed by atoms with E-state index in [-0.39, 0.29) is 0 Å². The van der Waals surface area contributed by atoms with Crippen LogP contribution in [0.4, 0.5) is 0 Å². The second kappa shape index (κ2) is 7.48. The van der Waals surface area contributed by atoms with Crippen molar-refractivity contribution < 1.29 is 14.3 Å². The Bertz CT molecular complexity index is 789. The number of nitrogens with zero attached hydrogens (tertiary/aromatic N) is 1. The number of nitriles is 1. The van der Waals surface area contributed by atoms with Gasteiger partial charge in [-0.25, -0.2) is 0 Å². The van der Waals surface area contributed by atoms with E-state index in [4.69, 9.17) is 21.1 Å². The molecule has 2 rings (SSSR count). The van der Waals surface area contributed by atoms with E-state index in [1.165, 1.54) is 14.0 Å². The minimum Gasteiger partial charge on any atom is -0.493 e. The van der Waals surface area contributed by atoms with Crippen molar-refractivity contribution in [2.45, 2.75) is 6.92 Å². The van der Waals surface area contributed by atoms with Gasteiger partial charge >= 0.3 is 5.97 Å². The summed E-state index contributed by atoms with van der Waals surface area (Å²) in [5.74, 6) is 0.329. The summed E-state index contributed by atoms with van der Waals surface area (Å²) in [6, 6.07) is 14.3. The molecule has 0 saturated carbocycles. The van der Waals surface area contributed by atoms with E-state index in [0.29, 0.717) is 22.1 Å². The summed E-state index contributed by atoms with van der Waals surface area (Å²) in [6.07, 6.45) is 1.73. The average Bonchev–Trinajstić information content (AvgIpc) is 2.54. The Kier molecular flexibility index (Phi) is 5.40. The molecule has 0 N–H and O–H groups in total. The summed E-state index contributed by atoms with van der Waals surface area (Å²) in [6.45, 7) is 1.32. The van der Waals surface area contributed by atoms with Crippen molar-refractivity contribution >= 4 is 29.2 Å². The third-order valence-electron chi connectivity index (χ3n) is 3.03. The van der Waals surface area contributed by atoms with Gasteiger partial charge in [0.2, 0.25) is 0 Å². The molecule has 23 heavy (non-hydrogen) atoms. The fraction of sp³-hybridized carbons (Fsp3) is 0.111. The van der Waals surface area contributed by atoms with Gasteiger partial charge in [-0.2, -0.15) is 5.26 Å². The Labute approximate surface area is 139 Å². The van der Waals surface area contributed by atoms with Gasteiger partial charge in [0.1, 0.15) is 0 Å². The molecule has 5 heteroatoms. The molecule has 0 spiro atoms. The number of carbonyl (C=O) groups excluding carboxylic acids is 1. The average molecular weight is 328 g/mol. The number of rotatable bonds is 4. The van der Waals surface area contributed by atoms with Crippen molar-refractivity contribution in [2.75, 3.05) is 7.11 Å². The number of esters is 1. The molecule has 116 valence electrons. The number of methoxy groups -OCH3 is 1. The second-order valence-corrected chi connectivity index (χ2v) is 5.12. The summed E-state index contributed by atoms with van der Waals surface area (Å²) in [5, 5.41) is 9.97. The lowest BCUT2D eigenvalue weighted by Gasteiger charge is -2.09. The minimum atomic E-state index is -0.425. The lowest BCUT2D eigenvalue weighted by molar-refractivity contribution is -0.132. The third kappa shape index (κ3) is 4.35. The van der Waals surface area contributed by atoms with Gasteiger partial charge in [-0.3, -0.25) is 4.79 Å². The van der Waals surface area contributed by atoms with Crippen molar-refractivity contribution in [3.05, 3.63) is 58.6 Å². The molecule has 0 radical (unpaired) electrons. The van der Waals surface area contributed by atoms with Gasteiger partial charge in [-0.05, 0) is 41.5 Å². The van der Waals surface area contributed by atoms with E-state index >= 15 is 0 Å². The fourth-order valence-electron chi connectivity index (χ4n) is 1.99. The van der Waals surface area contributed by atoms with Crippen LogP contribution in [0.5, 0.6) is 11.5 Å². The number of ether oxygens (including phenoxy) is 2. The Morgan fingerprint density at radius 3 is 2.43 bits per heavy atom. The van der Waals surface area contributed by atoms with Crippen molar-refractivity contribution in [1.29, 1.82) is 5.26 Å². The molecule has 0 aliphatic heterocycles. The summed E-state index contributed by atoms with van der Waals surface area (Å²) >= 11 is 5.86. The van der Waals surface area contributed by atoms with Crippen molar-refractivity contribution in [3.63, 3.8) is 0 Å². The Morgan fingerprint density at radius 1 is 1.17 bits per heavy atom. The minimum absolute atomic E-state index is 0.335. The van der Waals surface area contributed by atoms with Crippen LogP contribution in [0, 0.1) is 11.3 Å². The Balaban J connectivity index is 2.38. The number of halogens is 1. The van der Waals surface area contributed by atoms with Crippen LogP contribution in [0.2, 0.25) is 5.02 Å². The first kappa shape index (κ1) is 16.6. The monoisotopic (exact) mass is 327 g/mol. The molecule has 0 amide bonds. The summed E-state index contributed by atoms with van der Waals surface area (Å²) in [7, 11) is 1.49. The molecule has 0 unspecified atom stereocenters. The lowest BCUT2D eigenvalue weighted by Crippen LogP contribution is -2.03. The molecular formula is C18H14ClNO3. The van der Waals surface area contributed by atoms with E-state index in [1.807, 2.05) is 0 Å². The van der Waals surface area contributed by atoms with Crippen LogP contribution in [-0.2, 0) is 4.79 Å². The molecule has 0 atom stereocenters. The number of carbonyl (C=O) groups is 1. The summed E-state index contributed by atoms with van der Waals surface area (Å²) in [4.78, 5) is 11.1. The molecule has 0 fully saturated rings. The van der Waals surface area contributed by atoms with Crippen molar-refractivity contribution in [2.24, 2.45) is 0 Å². The van der Waals surface area contributed by atoms with Gasteiger partial charge in [-0.15, -0.1) is 0 Å². The van der Waals surface area contributed by atoms with Crippen LogP contribution in [0.15, 0.2) is 42.5 Å². The highest BCUT2D eigenvalue weighted by Crippen LogP contribution is 2.30. The molecule has 0 aromatic heterocycles. The zero-order valence-electron chi connectivity index (χ0n) is 12.7. The fourth-order valence-corrected chi connectivity index (χ4v) is 2.12. The zero-order chi connectivity index (χ0) is 16.8. The van der Waals surface area contributed by atoms with Crippen LogP contribution in [0.1, 0.15) is 18.1 Å². The van der Waals surface area contributed by atoms with Crippen LogP contribution < -0.4 is 9.47 Å². The quantitative estimate of drug-likeness (QED) is 0.363. The van der Waals surface area contributed by atoms with Gasteiger partial charge < -0.3 is 9.47 Å². The van der Waals surface area contributed by atoms with Crippen molar-refractivity contribution in [3.8, 4) is 17.6 Å². The molecule has 0 bridgehead atoms. The van der Waals surface area contributed by atoms with Crippen LogP contribution in [0.3, 0.4) is 0 Å². The van der Waals surface area contributed by atoms with Gasteiger partial charge in [-0.1, -0.05) is 29.8 Å². The van der Waals surface area contributed by atoms with Crippen LogP contribution in [0.25, 0.3) is 11.6 Å². The standard InChI is InChI=1S/C18H14ClNO3/c1-12(21)23-17-8-3-13(10-18(17)22-2)9-15(11-20)14-4-6-16(19)7-5-14/h3-10H,1-2H3. The predicted octanol–water partition coefficient (Wildman–Crippen LogP) is 4.34. The smallest absolute Gasteiger partial charge is 0.308 e. The summed E-state index contributed by atoms with van der Waals surface area (Å²) in [5.41, 5.74) is 2.01. The lowest BCUT2D eigenvalue weighted by atomic mass is 10.0. The Hall–Kier alpha value is -2.77. The van der Waals surface area contributed by atoms with Gasteiger partial charge in [0.15, 0.2) is 11.5 Å². The normalized spacial score (nSPS) is 10.8. The predicted molar refractivity (Wildman–Crippen MR) is 89.2 cm³/mol. The van der Waals surface area contributed by atoms with E-state index in [2.05, 4.69) is 6.07 Å². The second-order valence-electron chi connectivity index (χ2n) is 4.68. The maximum atomic E-state index is 11.1. The zero-order valence-corrected chi connectivity index (χ0v) is 13.4. The molecule has 4 nitrogen and oxygen atoms in total.